The molecule has 5 heteroatoms. The zero-order valence-corrected chi connectivity index (χ0v) is 12.3. The molecule has 22 heavy (non-hydrogen) atoms. The van der Waals surface area contributed by atoms with Crippen molar-refractivity contribution in [1.82, 2.24) is 4.90 Å². The number of imide groups is 1. The van der Waals surface area contributed by atoms with Gasteiger partial charge in [0, 0.05) is 0 Å². The summed E-state index contributed by atoms with van der Waals surface area (Å²) in [5, 5.41) is 10.1. The van der Waals surface area contributed by atoms with E-state index in [-0.39, 0.29) is 12.1 Å². The van der Waals surface area contributed by atoms with Gasteiger partial charge >= 0.3 is 0 Å². The standard InChI is InChI=1S/C17H15NO4/c1-10-5-6-12(8-11(10)2)14-15(19)17(21)18(16(14)20)9-13-4-3-7-22-13/h3-8,19H,9H2,1-2H3. The highest BCUT2D eigenvalue weighted by Crippen LogP contribution is 2.30. The Morgan fingerprint density at radius 3 is 2.50 bits per heavy atom. The highest BCUT2D eigenvalue weighted by Gasteiger charge is 2.39. The first-order valence-electron chi connectivity index (χ1n) is 6.88. The molecule has 2 heterocycles. The molecule has 112 valence electrons. The number of carbonyl (C=O) groups is 2. The SMILES string of the molecule is Cc1ccc(C2=C(O)C(=O)N(Cc3ccco3)C2=O)cc1C. The predicted molar refractivity (Wildman–Crippen MR) is 79.7 cm³/mol. The highest BCUT2D eigenvalue weighted by molar-refractivity contribution is 6.34. The summed E-state index contributed by atoms with van der Waals surface area (Å²) >= 11 is 0. The Labute approximate surface area is 127 Å². The second-order valence-corrected chi connectivity index (χ2v) is 5.30. The summed E-state index contributed by atoms with van der Waals surface area (Å²) in [5.41, 5.74) is 2.65. The van der Waals surface area contributed by atoms with Crippen LogP contribution in [0.15, 0.2) is 46.8 Å². The molecule has 2 aromatic rings. The Kier molecular flexibility index (Phi) is 3.33. The van der Waals surface area contributed by atoms with Crippen molar-refractivity contribution in [3.8, 4) is 0 Å². The van der Waals surface area contributed by atoms with Crippen molar-refractivity contribution in [2.24, 2.45) is 0 Å². The van der Waals surface area contributed by atoms with Crippen molar-refractivity contribution in [2.75, 3.05) is 0 Å². The average Bonchev–Trinajstić information content (AvgIpc) is 3.06. The number of rotatable bonds is 3. The minimum atomic E-state index is -0.699. The molecule has 0 radical (unpaired) electrons. The Hall–Kier alpha value is -2.82. The average molecular weight is 297 g/mol. The van der Waals surface area contributed by atoms with Crippen molar-refractivity contribution in [2.45, 2.75) is 20.4 Å². The van der Waals surface area contributed by atoms with E-state index in [1.807, 2.05) is 19.9 Å². The van der Waals surface area contributed by atoms with Gasteiger partial charge < -0.3 is 9.52 Å². The summed E-state index contributed by atoms with van der Waals surface area (Å²) in [6.45, 7) is 3.87. The third-order valence-electron chi connectivity index (χ3n) is 3.83. The van der Waals surface area contributed by atoms with Gasteiger partial charge in [0.25, 0.3) is 11.8 Å². The van der Waals surface area contributed by atoms with Crippen LogP contribution in [0.25, 0.3) is 5.57 Å². The summed E-state index contributed by atoms with van der Waals surface area (Å²) in [5.74, 6) is -1.24. The highest BCUT2D eigenvalue weighted by atomic mass is 16.3. The van der Waals surface area contributed by atoms with E-state index >= 15 is 0 Å². The molecule has 1 aromatic carbocycles. The molecule has 2 amide bonds. The van der Waals surface area contributed by atoms with Crippen LogP contribution in [0.5, 0.6) is 0 Å². The minimum Gasteiger partial charge on any atom is -0.502 e. The summed E-state index contributed by atoms with van der Waals surface area (Å²) in [7, 11) is 0. The number of hydrogen-bond donors (Lipinski definition) is 1. The molecule has 0 fully saturated rings. The third-order valence-corrected chi connectivity index (χ3v) is 3.83. The molecule has 1 aromatic heterocycles. The molecule has 1 aliphatic heterocycles. The van der Waals surface area contributed by atoms with Crippen LogP contribution in [0.4, 0.5) is 0 Å². The first-order chi connectivity index (χ1) is 10.5. The van der Waals surface area contributed by atoms with Crippen molar-refractivity contribution in [3.63, 3.8) is 0 Å². The van der Waals surface area contributed by atoms with Gasteiger partial charge in [0.2, 0.25) is 0 Å². The summed E-state index contributed by atoms with van der Waals surface area (Å²) < 4.78 is 5.16. The Morgan fingerprint density at radius 2 is 1.86 bits per heavy atom. The smallest absolute Gasteiger partial charge is 0.296 e. The van der Waals surface area contributed by atoms with Gasteiger partial charge in [-0.1, -0.05) is 18.2 Å². The van der Waals surface area contributed by atoms with Crippen molar-refractivity contribution in [3.05, 3.63) is 64.8 Å². The second-order valence-electron chi connectivity index (χ2n) is 5.30. The maximum atomic E-state index is 12.5. The number of hydrogen-bond acceptors (Lipinski definition) is 4. The van der Waals surface area contributed by atoms with Gasteiger partial charge in [-0.05, 0) is 42.7 Å². The topological polar surface area (TPSA) is 70.8 Å². The van der Waals surface area contributed by atoms with Gasteiger partial charge in [-0.2, -0.15) is 0 Å². The van der Waals surface area contributed by atoms with E-state index < -0.39 is 17.6 Å². The van der Waals surface area contributed by atoms with Crippen LogP contribution in [0.3, 0.4) is 0 Å². The third kappa shape index (κ3) is 2.20. The van der Waals surface area contributed by atoms with Gasteiger partial charge in [0.05, 0.1) is 18.4 Å². The lowest BCUT2D eigenvalue weighted by Gasteiger charge is -2.12. The lowest BCUT2D eigenvalue weighted by molar-refractivity contribution is -0.139. The van der Waals surface area contributed by atoms with Crippen LogP contribution in [-0.2, 0) is 16.1 Å². The van der Waals surface area contributed by atoms with Gasteiger partial charge in [0.1, 0.15) is 5.76 Å². The molecular formula is C17H15NO4. The fourth-order valence-electron chi connectivity index (χ4n) is 2.42. The van der Waals surface area contributed by atoms with Gasteiger partial charge in [-0.15, -0.1) is 0 Å². The molecular weight excluding hydrogens is 282 g/mol. The fourth-order valence-corrected chi connectivity index (χ4v) is 2.42. The molecule has 0 atom stereocenters. The Morgan fingerprint density at radius 1 is 1.09 bits per heavy atom. The van der Waals surface area contributed by atoms with Crippen molar-refractivity contribution >= 4 is 17.4 Å². The van der Waals surface area contributed by atoms with Crippen LogP contribution in [-0.4, -0.2) is 21.8 Å². The van der Waals surface area contributed by atoms with Crippen LogP contribution in [0.1, 0.15) is 22.5 Å². The van der Waals surface area contributed by atoms with E-state index in [1.165, 1.54) is 6.26 Å². The monoisotopic (exact) mass is 297 g/mol. The van der Waals surface area contributed by atoms with E-state index in [4.69, 9.17) is 4.42 Å². The number of furan rings is 1. The summed E-state index contributed by atoms with van der Waals surface area (Å²) in [4.78, 5) is 25.6. The number of amides is 2. The van der Waals surface area contributed by atoms with E-state index in [2.05, 4.69) is 0 Å². The van der Waals surface area contributed by atoms with Crippen LogP contribution in [0, 0.1) is 13.8 Å². The molecule has 0 aliphatic carbocycles. The predicted octanol–water partition coefficient (Wildman–Crippen LogP) is 2.73. The van der Waals surface area contributed by atoms with Crippen LogP contribution in [0.2, 0.25) is 0 Å². The van der Waals surface area contributed by atoms with E-state index in [0.29, 0.717) is 11.3 Å². The van der Waals surface area contributed by atoms with Gasteiger partial charge in [-0.25, -0.2) is 0 Å². The number of carbonyl (C=O) groups excluding carboxylic acids is 2. The van der Waals surface area contributed by atoms with Crippen molar-refractivity contribution < 1.29 is 19.1 Å². The molecule has 0 spiro atoms. The quantitative estimate of drug-likeness (QED) is 0.884. The molecule has 0 saturated heterocycles. The first kappa shape index (κ1) is 14.1. The number of aliphatic hydroxyl groups excluding tert-OH is 1. The number of aryl methyl sites for hydroxylation is 2. The Balaban J connectivity index is 1.96. The summed E-state index contributed by atoms with van der Waals surface area (Å²) in [6, 6.07) is 8.74. The minimum absolute atomic E-state index is 0.00305. The van der Waals surface area contributed by atoms with Gasteiger partial charge in [0.15, 0.2) is 5.76 Å². The van der Waals surface area contributed by atoms with Crippen molar-refractivity contribution in [1.29, 1.82) is 0 Å². The largest absolute Gasteiger partial charge is 0.502 e. The number of aliphatic hydroxyl groups is 1. The van der Waals surface area contributed by atoms with E-state index in [1.54, 1.807) is 24.3 Å². The molecule has 0 saturated carbocycles. The number of nitrogens with zero attached hydrogens (tertiary/aromatic N) is 1. The lowest BCUT2D eigenvalue weighted by atomic mass is 10.0. The van der Waals surface area contributed by atoms with E-state index in [9.17, 15) is 14.7 Å². The van der Waals surface area contributed by atoms with Gasteiger partial charge in [-0.3, -0.25) is 14.5 Å². The second kappa shape index (κ2) is 5.18. The van der Waals surface area contributed by atoms with Crippen LogP contribution >= 0.6 is 0 Å². The van der Waals surface area contributed by atoms with E-state index in [0.717, 1.165) is 16.0 Å². The normalized spacial score (nSPS) is 15.1. The molecule has 5 nitrogen and oxygen atoms in total. The zero-order chi connectivity index (χ0) is 15.9. The van der Waals surface area contributed by atoms with Crippen LogP contribution < -0.4 is 0 Å². The Bertz CT molecular complexity index is 787. The molecule has 3 rings (SSSR count). The molecule has 0 unspecified atom stereocenters. The first-order valence-corrected chi connectivity index (χ1v) is 6.88. The lowest BCUT2D eigenvalue weighted by Crippen LogP contribution is -2.30. The maximum Gasteiger partial charge on any atom is 0.296 e. The fraction of sp³-hybridized carbons (Fsp3) is 0.176. The number of benzene rings is 1. The maximum absolute atomic E-state index is 12.5. The summed E-state index contributed by atoms with van der Waals surface area (Å²) in [6.07, 6.45) is 1.47. The molecule has 1 N–H and O–H groups in total. The molecule has 1 aliphatic rings. The molecule has 0 bridgehead atoms. The zero-order valence-electron chi connectivity index (χ0n) is 12.3.